The van der Waals surface area contributed by atoms with E-state index in [1.54, 1.807) is 12.0 Å². The summed E-state index contributed by atoms with van der Waals surface area (Å²) in [5, 5.41) is 3.00. The van der Waals surface area contributed by atoms with Crippen LogP contribution in [0.1, 0.15) is 11.6 Å². The van der Waals surface area contributed by atoms with Crippen molar-refractivity contribution in [2.45, 2.75) is 6.04 Å². The lowest BCUT2D eigenvalue weighted by molar-refractivity contribution is 0.157. The molecule has 1 aromatic rings. The number of methoxy groups -OCH3 is 1. The zero-order chi connectivity index (χ0) is 16.4. The molecule has 0 aromatic heterocycles. The number of sulfone groups is 1. The Bertz CT molecular complexity index is 642. The maximum atomic E-state index is 12.5. The van der Waals surface area contributed by atoms with Gasteiger partial charge in [0.25, 0.3) is 0 Å². The number of fused-ring (bicyclic) bond motifs is 1. The fourth-order valence-electron chi connectivity index (χ4n) is 3.52. The third-order valence-corrected chi connectivity index (χ3v) is 6.50. The Morgan fingerprint density at radius 3 is 2.43 bits per heavy atom. The molecule has 3 rings (SSSR count). The van der Waals surface area contributed by atoms with Gasteiger partial charge in [-0.25, -0.2) is 13.2 Å². The quantitative estimate of drug-likeness (QED) is 0.891. The number of rotatable bonds is 4. The smallest absolute Gasteiger partial charge is 0.317 e. The Balaban J connectivity index is 1.63. The molecule has 2 amide bonds. The summed E-state index contributed by atoms with van der Waals surface area (Å²) in [6.45, 7) is 1.43. The predicted octanol–water partition coefficient (Wildman–Crippen LogP) is 1.06. The van der Waals surface area contributed by atoms with Crippen LogP contribution in [0.2, 0.25) is 0 Å². The maximum Gasteiger partial charge on any atom is 0.317 e. The first-order valence-electron chi connectivity index (χ1n) is 7.78. The molecule has 2 saturated heterocycles. The molecule has 2 fully saturated rings. The van der Waals surface area contributed by atoms with Gasteiger partial charge in [0.05, 0.1) is 24.2 Å². The van der Waals surface area contributed by atoms with Crippen molar-refractivity contribution in [1.29, 1.82) is 0 Å². The van der Waals surface area contributed by atoms with Crippen molar-refractivity contribution in [3.63, 3.8) is 0 Å². The van der Waals surface area contributed by atoms with Gasteiger partial charge < -0.3 is 15.0 Å². The molecule has 2 aliphatic heterocycles. The second-order valence-electron chi connectivity index (χ2n) is 6.37. The minimum atomic E-state index is -2.91. The topological polar surface area (TPSA) is 75.7 Å². The molecule has 126 valence electrons. The number of hydrogen-bond acceptors (Lipinski definition) is 4. The SMILES string of the molecule is COCC(NC(=O)N1C[C@@H]2CS(=O)(=O)C[C@@H]2C1)c1ccccc1. The maximum absolute atomic E-state index is 12.5. The first-order valence-corrected chi connectivity index (χ1v) is 9.60. The summed E-state index contributed by atoms with van der Waals surface area (Å²) in [6, 6.07) is 9.33. The molecule has 0 radical (unpaired) electrons. The number of urea groups is 1. The summed E-state index contributed by atoms with van der Waals surface area (Å²) in [7, 11) is -1.30. The van der Waals surface area contributed by atoms with Gasteiger partial charge in [-0.1, -0.05) is 30.3 Å². The van der Waals surface area contributed by atoms with E-state index in [9.17, 15) is 13.2 Å². The van der Waals surface area contributed by atoms with E-state index in [0.29, 0.717) is 19.7 Å². The van der Waals surface area contributed by atoms with Gasteiger partial charge in [0.1, 0.15) is 0 Å². The van der Waals surface area contributed by atoms with Gasteiger partial charge in [0, 0.05) is 20.2 Å². The standard InChI is InChI=1S/C16H22N2O4S/c1-22-9-15(12-5-3-2-4-6-12)17-16(19)18-7-13-10-23(20,21)11-14(13)8-18/h2-6,13-15H,7-11H2,1H3,(H,17,19)/t13-,14+,15?. The Kier molecular flexibility index (Phi) is 4.59. The van der Waals surface area contributed by atoms with Crippen molar-refractivity contribution in [3.05, 3.63) is 35.9 Å². The van der Waals surface area contributed by atoms with Crippen LogP contribution >= 0.6 is 0 Å². The lowest BCUT2D eigenvalue weighted by atomic mass is 10.0. The number of nitrogens with zero attached hydrogens (tertiary/aromatic N) is 1. The molecule has 0 saturated carbocycles. The van der Waals surface area contributed by atoms with E-state index in [0.717, 1.165) is 5.56 Å². The fourth-order valence-corrected chi connectivity index (χ4v) is 5.71. The summed E-state index contributed by atoms with van der Waals surface area (Å²) in [5.74, 6) is 0.593. The van der Waals surface area contributed by atoms with Crippen LogP contribution in [0.15, 0.2) is 30.3 Å². The van der Waals surface area contributed by atoms with Crippen LogP contribution in [0.3, 0.4) is 0 Å². The molecule has 6 nitrogen and oxygen atoms in total. The van der Waals surface area contributed by atoms with Crippen molar-refractivity contribution < 1.29 is 17.9 Å². The van der Waals surface area contributed by atoms with Crippen molar-refractivity contribution in [1.82, 2.24) is 10.2 Å². The Morgan fingerprint density at radius 1 is 1.26 bits per heavy atom. The Labute approximate surface area is 136 Å². The minimum absolute atomic E-state index is 0.0864. The Hall–Kier alpha value is -1.60. The normalized spacial score (nSPS) is 26.7. The molecular formula is C16H22N2O4S. The highest BCUT2D eigenvalue weighted by Crippen LogP contribution is 2.32. The number of carbonyl (C=O) groups excluding carboxylic acids is 1. The van der Waals surface area contributed by atoms with Gasteiger partial charge in [0.2, 0.25) is 0 Å². The van der Waals surface area contributed by atoms with Gasteiger partial charge in [-0.3, -0.25) is 0 Å². The predicted molar refractivity (Wildman–Crippen MR) is 86.8 cm³/mol. The second kappa shape index (κ2) is 6.49. The summed E-state index contributed by atoms with van der Waals surface area (Å²) >= 11 is 0. The van der Waals surface area contributed by atoms with Crippen LogP contribution in [0.4, 0.5) is 4.79 Å². The van der Waals surface area contributed by atoms with Crippen molar-refractivity contribution in [2.24, 2.45) is 11.8 Å². The number of likely N-dealkylation sites (tertiary alicyclic amines) is 1. The van der Waals surface area contributed by atoms with Crippen molar-refractivity contribution in [2.75, 3.05) is 38.3 Å². The summed E-state index contributed by atoms with van der Waals surface area (Å²) in [6.07, 6.45) is 0. The van der Waals surface area contributed by atoms with E-state index in [-0.39, 0.29) is 35.4 Å². The molecule has 1 unspecified atom stereocenters. The first kappa shape index (κ1) is 16.3. The van der Waals surface area contributed by atoms with Gasteiger partial charge in [-0.05, 0) is 17.4 Å². The average molecular weight is 338 g/mol. The van der Waals surface area contributed by atoms with Crippen LogP contribution < -0.4 is 5.32 Å². The number of hydrogen-bond donors (Lipinski definition) is 1. The van der Waals surface area contributed by atoms with E-state index in [2.05, 4.69) is 5.32 Å². The summed E-state index contributed by atoms with van der Waals surface area (Å²) in [4.78, 5) is 14.2. The average Bonchev–Trinajstić information content (AvgIpc) is 3.01. The first-order chi connectivity index (χ1) is 11.0. The third kappa shape index (κ3) is 3.67. The summed E-state index contributed by atoms with van der Waals surface area (Å²) in [5.41, 5.74) is 0.990. The third-order valence-electron chi connectivity index (χ3n) is 4.63. The molecule has 2 aliphatic rings. The second-order valence-corrected chi connectivity index (χ2v) is 8.52. The van der Waals surface area contributed by atoms with Crippen molar-refractivity contribution in [3.8, 4) is 0 Å². The van der Waals surface area contributed by atoms with Crippen LogP contribution in [0.5, 0.6) is 0 Å². The largest absolute Gasteiger partial charge is 0.382 e. The molecule has 1 N–H and O–H groups in total. The number of carbonyl (C=O) groups is 1. The molecule has 23 heavy (non-hydrogen) atoms. The van der Waals surface area contributed by atoms with Gasteiger partial charge in [-0.15, -0.1) is 0 Å². The number of amides is 2. The van der Waals surface area contributed by atoms with Crippen molar-refractivity contribution >= 4 is 15.9 Å². The zero-order valence-corrected chi connectivity index (χ0v) is 14.0. The number of nitrogens with one attached hydrogen (secondary N) is 1. The Morgan fingerprint density at radius 2 is 1.87 bits per heavy atom. The van der Waals surface area contributed by atoms with Gasteiger partial charge in [-0.2, -0.15) is 0 Å². The van der Waals surface area contributed by atoms with E-state index >= 15 is 0 Å². The molecule has 0 aliphatic carbocycles. The van der Waals surface area contributed by atoms with Gasteiger partial charge >= 0.3 is 6.03 Å². The van der Waals surface area contributed by atoms with Gasteiger partial charge in [0.15, 0.2) is 9.84 Å². The highest BCUT2D eigenvalue weighted by Gasteiger charge is 2.45. The van der Waals surface area contributed by atoms with Crippen LogP contribution in [-0.2, 0) is 14.6 Å². The zero-order valence-electron chi connectivity index (χ0n) is 13.1. The lowest BCUT2D eigenvalue weighted by Gasteiger charge is -2.24. The number of benzene rings is 1. The van der Waals surface area contributed by atoms with Crippen LogP contribution in [0.25, 0.3) is 0 Å². The minimum Gasteiger partial charge on any atom is -0.382 e. The fraction of sp³-hybridized carbons (Fsp3) is 0.562. The van der Waals surface area contributed by atoms with Crippen LogP contribution in [0, 0.1) is 11.8 Å². The molecule has 1 aromatic carbocycles. The van der Waals surface area contributed by atoms with E-state index in [1.165, 1.54) is 0 Å². The summed E-state index contributed by atoms with van der Waals surface area (Å²) < 4.78 is 28.5. The molecule has 0 bridgehead atoms. The highest BCUT2D eigenvalue weighted by molar-refractivity contribution is 7.91. The molecule has 2 heterocycles. The molecule has 3 atom stereocenters. The van der Waals surface area contributed by atoms with Crippen LogP contribution in [-0.4, -0.2) is 57.7 Å². The van der Waals surface area contributed by atoms with E-state index < -0.39 is 9.84 Å². The molecule has 0 spiro atoms. The van der Waals surface area contributed by atoms with E-state index in [4.69, 9.17) is 4.74 Å². The lowest BCUT2D eigenvalue weighted by Crippen LogP contribution is -2.42. The number of ether oxygens (including phenoxy) is 1. The van der Waals surface area contributed by atoms with E-state index in [1.807, 2.05) is 30.3 Å². The monoisotopic (exact) mass is 338 g/mol. The highest BCUT2D eigenvalue weighted by atomic mass is 32.2. The molecule has 7 heteroatoms. The molecular weight excluding hydrogens is 316 g/mol.